The second-order valence-electron chi connectivity index (χ2n) is 4.85. The maximum Gasteiger partial charge on any atom is 0.196 e. The van der Waals surface area contributed by atoms with Crippen molar-refractivity contribution in [3.8, 4) is 0 Å². The van der Waals surface area contributed by atoms with Crippen LogP contribution in [0.2, 0.25) is 15.1 Å². The SMILES string of the molecule is CC(C)c1ccc(C(=O)c2c(Cl)cc(Cl)cc2Cl)cc1. The van der Waals surface area contributed by atoms with Gasteiger partial charge >= 0.3 is 0 Å². The molecule has 2 rings (SSSR count). The Morgan fingerprint density at radius 2 is 1.45 bits per heavy atom. The first kappa shape index (κ1) is 15.4. The largest absolute Gasteiger partial charge is 0.288 e. The zero-order chi connectivity index (χ0) is 14.9. The van der Waals surface area contributed by atoms with E-state index >= 15 is 0 Å². The second-order valence-corrected chi connectivity index (χ2v) is 6.10. The highest BCUT2D eigenvalue weighted by molar-refractivity contribution is 6.43. The van der Waals surface area contributed by atoms with Gasteiger partial charge in [-0.1, -0.05) is 72.9 Å². The van der Waals surface area contributed by atoms with E-state index in [1.165, 1.54) is 17.7 Å². The number of rotatable bonds is 3. The lowest BCUT2D eigenvalue weighted by Crippen LogP contribution is -2.03. The van der Waals surface area contributed by atoms with Crippen molar-refractivity contribution in [2.45, 2.75) is 19.8 Å². The molecule has 1 nitrogen and oxygen atoms in total. The number of benzene rings is 2. The molecule has 0 saturated heterocycles. The van der Waals surface area contributed by atoms with Crippen molar-refractivity contribution < 1.29 is 4.79 Å². The van der Waals surface area contributed by atoms with Gasteiger partial charge in [-0.05, 0) is 23.6 Å². The molecule has 0 amide bonds. The van der Waals surface area contributed by atoms with E-state index in [9.17, 15) is 4.79 Å². The molecule has 20 heavy (non-hydrogen) atoms. The highest BCUT2D eigenvalue weighted by Crippen LogP contribution is 2.31. The predicted octanol–water partition coefficient (Wildman–Crippen LogP) is 6.00. The Bertz CT molecular complexity index is 622. The van der Waals surface area contributed by atoms with Gasteiger partial charge in [-0.25, -0.2) is 0 Å². The molecule has 0 unspecified atom stereocenters. The van der Waals surface area contributed by atoms with E-state index in [0.29, 0.717) is 16.5 Å². The van der Waals surface area contributed by atoms with Gasteiger partial charge in [-0.2, -0.15) is 0 Å². The van der Waals surface area contributed by atoms with E-state index in [-0.39, 0.29) is 21.4 Å². The Morgan fingerprint density at radius 3 is 1.90 bits per heavy atom. The molecule has 0 spiro atoms. The summed E-state index contributed by atoms with van der Waals surface area (Å²) in [5.74, 6) is 0.217. The van der Waals surface area contributed by atoms with Gasteiger partial charge in [0.05, 0.1) is 15.6 Å². The highest BCUT2D eigenvalue weighted by Gasteiger charge is 2.17. The third kappa shape index (κ3) is 3.17. The summed E-state index contributed by atoms with van der Waals surface area (Å²) >= 11 is 18.0. The first-order valence-corrected chi connectivity index (χ1v) is 7.32. The van der Waals surface area contributed by atoms with E-state index in [4.69, 9.17) is 34.8 Å². The smallest absolute Gasteiger partial charge is 0.196 e. The van der Waals surface area contributed by atoms with Crippen molar-refractivity contribution in [1.29, 1.82) is 0 Å². The Balaban J connectivity index is 2.41. The van der Waals surface area contributed by atoms with Crippen molar-refractivity contribution in [2.24, 2.45) is 0 Å². The lowest BCUT2D eigenvalue weighted by Gasteiger charge is -2.09. The first-order valence-electron chi connectivity index (χ1n) is 6.19. The zero-order valence-corrected chi connectivity index (χ0v) is 13.4. The van der Waals surface area contributed by atoms with Crippen molar-refractivity contribution in [3.05, 3.63) is 68.2 Å². The van der Waals surface area contributed by atoms with Crippen LogP contribution in [0.15, 0.2) is 36.4 Å². The van der Waals surface area contributed by atoms with Gasteiger partial charge in [0, 0.05) is 10.6 Å². The predicted molar refractivity (Wildman–Crippen MR) is 85.4 cm³/mol. The van der Waals surface area contributed by atoms with Crippen LogP contribution in [-0.4, -0.2) is 5.78 Å². The van der Waals surface area contributed by atoms with Crippen molar-refractivity contribution >= 4 is 40.6 Å². The minimum atomic E-state index is -0.202. The first-order chi connectivity index (χ1) is 9.40. The Kier molecular flexibility index (Phi) is 4.74. The van der Waals surface area contributed by atoms with Gasteiger partial charge in [0.1, 0.15) is 0 Å². The molecule has 0 aliphatic rings. The molecule has 0 bridgehead atoms. The van der Waals surface area contributed by atoms with Gasteiger partial charge in [-0.3, -0.25) is 4.79 Å². The lowest BCUT2D eigenvalue weighted by atomic mass is 9.98. The fourth-order valence-corrected chi connectivity index (χ4v) is 2.91. The van der Waals surface area contributed by atoms with Gasteiger partial charge < -0.3 is 0 Å². The second kappa shape index (κ2) is 6.17. The van der Waals surface area contributed by atoms with E-state index < -0.39 is 0 Å². The summed E-state index contributed by atoms with van der Waals surface area (Å²) in [4.78, 5) is 12.5. The number of halogens is 3. The number of ketones is 1. The average molecular weight is 328 g/mol. The van der Waals surface area contributed by atoms with E-state index in [2.05, 4.69) is 13.8 Å². The molecule has 4 heteroatoms. The molecule has 2 aromatic rings. The molecule has 0 radical (unpaired) electrons. The zero-order valence-electron chi connectivity index (χ0n) is 11.1. The molecule has 0 fully saturated rings. The molecular formula is C16H13Cl3O. The van der Waals surface area contributed by atoms with Crippen LogP contribution in [0, 0.1) is 0 Å². The topological polar surface area (TPSA) is 17.1 Å². The van der Waals surface area contributed by atoms with Gasteiger partial charge in [-0.15, -0.1) is 0 Å². The van der Waals surface area contributed by atoms with Crippen LogP contribution >= 0.6 is 34.8 Å². The standard InChI is InChI=1S/C16H13Cl3O/c1-9(2)10-3-5-11(6-4-10)16(20)15-13(18)7-12(17)8-14(15)19/h3-9H,1-2H3. The monoisotopic (exact) mass is 326 g/mol. The Morgan fingerprint density at radius 1 is 0.950 bits per heavy atom. The van der Waals surface area contributed by atoms with Crippen LogP contribution in [-0.2, 0) is 0 Å². The summed E-state index contributed by atoms with van der Waals surface area (Å²) in [6.07, 6.45) is 0. The summed E-state index contributed by atoms with van der Waals surface area (Å²) in [6.45, 7) is 4.20. The highest BCUT2D eigenvalue weighted by atomic mass is 35.5. The Labute approximate surface area is 133 Å². The summed E-state index contributed by atoms with van der Waals surface area (Å²) in [5, 5.41) is 0.938. The molecule has 104 valence electrons. The lowest BCUT2D eigenvalue weighted by molar-refractivity contribution is 0.103. The molecule has 0 aliphatic carbocycles. The molecule has 0 saturated carbocycles. The number of hydrogen-bond acceptors (Lipinski definition) is 1. The Hall–Kier alpha value is -1.02. The third-order valence-electron chi connectivity index (χ3n) is 3.07. The van der Waals surface area contributed by atoms with E-state index in [0.717, 1.165) is 0 Å². The minimum Gasteiger partial charge on any atom is -0.288 e. The quantitative estimate of drug-likeness (QED) is 0.632. The average Bonchev–Trinajstić information content (AvgIpc) is 2.37. The van der Waals surface area contributed by atoms with Crippen LogP contribution in [0.1, 0.15) is 41.3 Å². The van der Waals surface area contributed by atoms with Gasteiger partial charge in [0.2, 0.25) is 0 Å². The number of hydrogen-bond donors (Lipinski definition) is 0. The fourth-order valence-electron chi connectivity index (χ4n) is 1.92. The summed E-state index contributed by atoms with van der Waals surface area (Å²) in [5.41, 5.74) is 2.02. The van der Waals surface area contributed by atoms with Crippen molar-refractivity contribution in [3.63, 3.8) is 0 Å². The van der Waals surface area contributed by atoms with Crippen molar-refractivity contribution in [1.82, 2.24) is 0 Å². The molecule has 2 aromatic carbocycles. The van der Waals surface area contributed by atoms with E-state index in [1.54, 1.807) is 12.1 Å². The minimum absolute atomic E-state index is 0.202. The number of carbonyl (C=O) groups is 1. The summed E-state index contributed by atoms with van der Waals surface area (Å²) in [6, 6.07) is 10.5. The molecule has 0 N–H and O–H groups in total. The van der Waals surface area contributed by atoms with Gasteiger partial charge in [0.25, 0.3) is 0 Å². The van der Waals surface area contributed by atoms with Crippen LogP contribution in [0.3, 0.4) is 0 Å². The van der Waals surface area contributed by atoms with Crippen LogP contribution in [0.5, 0.6) is 0 Å². The van der Waals surface area contributed by atoms with Crippen LogP contribution < -0.4 is 0 Å². The molecule has 0 atom stereocenters. The van der Waals surface area contributed by atoms with Crippen LogP contribution in [0.4, 0.5) is 0 Å². The number of carbonyl (C=O) groups excluding carboxylic acids is 1. The van der Waals surface area contributed by atoms with Gasteiger partial charge in [0.15, 0.2) is 5.78 Å². The summed E-state index contributed by atoms with van der Waals surface area (Å²) < 4.78 is 0. The maximum absolute atomic E-state index is 12.5. The molecule has 0 aliphatic heterocycles. The molecule has 0 heterocycles. The molecular weight excluding hydrogens is 315 g/mol. The fraction of sp³-hybridized carbons (Fsp3) is 0.188. The van der Waals surface area contributed by atoms with Crippen molar-refractivity contribution in [2.75, 3.05) is 0 Å². The van der Waals surface area contributed by atoms with E-state index in [1.807, 2.05) is 12.1 Å². The molecule has 0 aromatic heterocycles. The normalized spacial score (nSPS) is 10.9. The summed E-state index contributed by atoms with van der Waals surface area (Å²) in [7, 11) is 0. The third-order valence-corrected chi connectivity index (χ3v) is 3.89. The van der Waals surface area contributed by atoms with Crippen LogP contribution in [0.25, 0.3) is 0 Å². The maximum atomic E-state index is 12.5.